The highest BCUT2D eigenvalue weighted by Gasteiger charge is 2.35. The molecule has 0 spiro atoms. The van der Waals surface area contributed by atoms with Crippen LogP contribution in [-0.2, 0) is 4.57 Å². The standard InChI is InChI=1S/C27H29ClN3O3P/c1-27(2)25(31-24-22(29)12-13-30-26(24)34-27)17-8-6-16(7-9-17)18-4-3-5-19(14-18)21-11-10-20(28)15-23(21)35(32)33/h6-13,15,18-19,35H,3-5,14H2,1-2H3,(H2,29,30)(H,32,33)/t18-,19?/m0/s1. The number of anilines is 1. The Bertz CT molecular complexity index is 1320. The maximum absolute atomic E-state index is 12.0. The number of aromatic nitrogens is 1. The summed E-state index contributed by atoms with van der Waals surface area (Å²) in [6, 6.07) is 15.6. The van der Waals surface area contributed by atoms with E-state index in [1.807, 2.05) is 26.0 Å². The second kappa shape index (κ2) is 9.42. The van der Waals surface area contributed by atoms with E-state index < -0.39 is 13.6 Å². The van der Waals surface area contributed by atoms with E-state index >= 15 is 0 Å². The van der Waals surface area contributed by atoms with Gasteiger partial charge in [0.1, 0.15) is 11.3 Å². The highest BCUT2D eigenvalue weighted by atomic mass is 35.5. The molecule has 182 valence electrons. The maximum atomic E-state index is 12.0. The number of nitrogens with two attached hydrogens (primary N) is 1. The highest BCUT2D eigenvalue weighted by molar-refractivity contribution is 7.47. The SMILES string of the molecule is CC1(C)Oc2nccc(N)c2N=C1c1ccc([C@H]2CCCC(c3ccc(Cl)cc3[PH](=O)O)C2)cc1. The molecule has 0 bridgehead atoms. The summed E-state index contributed by atoms with van der Waals surface area (Å²) in [5.41, 5.74) is 10.6. The van der Waals surface area contributed by atoms with Crippen LogP contribution in [0.25, 0.3) is 0 Å². The van der Waals surface area contributed by atoms with Crippen molar-refractivity contribution in [2.45, 2.75) is 57.0 Å². The summed E-state index contributed by atoms with van der Waals surface area (Å²) in [5, 5.41) is 0.992. The van der Waals surface area contributed by atoms with Gasteiger partial charge in [-0.2, -0.15) is 0 Å². The normalized spacial score (nSPS) is 22.0. The topological polar surface area (TPSA) is 97.8 Å². The monoisotopic (exact) mass is 509 g/mol. The van der Waals surface area contributed by atoms with E-state index in [-0.39, 0.29) is 5.92 Å². The van der Waals surface area contributed by atoms with Crippen molar-refractivity contribution in [3.8, 4) is 5.88 Å². The fourth-order valence-electron chi connectivity index (χ4n) is 5.34. The Balaban J connectivity index is 1.41. The number of ether oxygens (including phenoxy) is 1. The minimum Gasteiger partial charge on any atom is -0.463 e. The van der Waals surface area contributed by atoms with Crippen molar-refractivity contribution in [3.05, 3.63) is 76.4 Å². The molecule has 6 nitrogen and oxygen atoms in total. The van der Waals surface area contributed by atoms with E-state index in [1.54, 1.807) is 18.3 Å². The van der Waals surface area contributed by atoms with Gasteiger partial charge in [-0.3, -0.25) is 4.57 Å². The summed E-state index contributed by atoms with van der Waals surface area (Å²) < 4.78 is 18.1. The van der Waals surface area contributed by atoms with Crippen molar-refractivity contribution in [2.75, 3.05) is 5.73 Å². The van der Waals surface area contributed by atoms with Gasteiger partial charge in [0, 0.05) is 22.1 Å². The summed E-state index contributed by atoms with van der Waals surface area (Å²) in [4.78, 5) is 19.0. The number of hydrogen-bond acceptors (Lipinski definition) is 5. The molecule has 0 saturated heterocycles. The van der Waals surface area contributed by atoms with Crippen LogP contribution in [0.1, 0.15) is 68.1 Å². The second-order valence-corrected chi connectivity index (χ2v) is 11.4. The van der Waals surface area contributed by atoms with E-state index in [0.29, 0.717) is 33.5 Å². The zero-order chi connectivity index (χ0) is 24.7. The number of rotatable bonds is 4. The molecule has 1 saturated carbocycles. The Hall–Kier alpha value is -2.66. The largest absolute Gasteiger partial charge is 0.463 e. The molecule has 1 fully saturated rings. The van der Waals surface area contributed by atoms with Gasteiger partial charge >= 0.3 is 0 Å². The van der Waals surface area contributed by atoms with Crippen LogP contribution in [0.3, 0.4) is 0 Å². The zero-order valence-electron chi connectivity index (χ0n) is 19.8. The van der Waals surface area contributed by atoms with E-state index in [9.17, 15) is 9.46 Å². The first-order valence-electron chi connectivity index (χ1n) is 11.9. The van der Waals surface area contributed by atoms with Gasteiger partial charge in [0.25, 0.3) is 0 Å². The number of nitrogen functional groups attached to an aromatic ring is 1. The molecule has 3 N–H and O–H groups in total. The predicted molar refractivity (Wildman–Crippen MR) is 142 cm³/mol. The molecule has 8 heteroatoms. The first-order valence-corrected chi connectivity index (χ1v) is 13.6. The smallest absolute Gasteiger partial charge is 0.243 e. The molecular weight excluding hydrogens is 481 g/mol. The molecular formula is C27H29ClN3O3P. The Morgan fingerprint density at radius 3 is 2.60 bits per heavy atom. The van der Waals surface area contributed by atoms with E-state index in [1.165, 1.54) is 5.56 Å². The summed E-state index contributed by atoms with van der Waals surface area (Å²) in [6.07, 6.45) is 5.74. The van der Waals surface area contributed by atoms with Crippen LogP contribution in [0.15, 0.2) is 59.7 Å². The molecule has 3 aromatic rings. The molecule has 3 atom stereocenters. The van der Waals surface area contributed by atoms with Crippen molar-refractivity contribution in [2.24, 2.45) is 4.99 Å². The molecule has 2 aromatic carbocycles. The third-order valence-electron chi connectivity index (χ3n) is 7.08. The lowest BCUT2D eigenvalue weighted by molar-refractivity contribution is 0.171. The van der Waals surface area contributed by atoms with Crippen LogP contribution in [0.5, 0.6) is 5.88 Å². The third kappa shape index (κ3) is 4.75. The van der Waals surface area contributed by atoms with E-state index in [4.69, 9.17) is 27.1 Å². The summed E-state index contributed by atoms with van der Waals surface area (Å²) in [7, 11) is -2.82. The first-order chi connectivity index (χ1) is 16.7. The van der Waals surface area contributed by atoms with Crippen LogP contribution in [-0.4, -0.2) is 21.2 Å². The van der Waals surface area contributed by atoms with Gasteiger partial charge in [0.2, 0.25) is 13.9 Å². The number of halogens is 1. The molecule has 35 heavy (non-hydrogen) atoms. The quantitative estimate of drug-likeness (QED) is 0.411. The highest BCUT2D eigenvalue weighted by Crippen LogP contribution is 2.43. The molecule has 2 unspecified atom stereocenters. The average molecular weight is 510 g/mol. The van der Waals surface area contributed by atoms with Crippen molar-refractivity contribution < 1.29 is 14.2 Å². The lowest BCUT2D eigenvalue weighted by Gasteiger charge is -2.33. The molecule has 2 aliphatic rings. The average Bonchev–Trinajstić information content (AvgIpc) is 2.83. The van der Waals surface area contributed by atoms with Gasteiger partial charge in [-0.25, -0.2) is 9.98 Å². The molecule has 2 heterocycles. The Kier molecular flexibility index (Phi) is 6.47. The van der Waals surface area contributed by atoms with Gasteiger partial charge in [-0.1, -0.05) is 48.4 Å². The van der Waals surface area contributed by atoms with Crippen molar-refractivity contribution >= 4 is 42.0 Å². The molecule has 1 aromatic heterocycles. The first kappa shape index (κ1) is 24.1. The number of fused-ring (bicyclic) bond motifs is 1. The number of hydrogen-bond donors (Lipinski definition) is 2. The van der Waals surface area contributed by atoms with Crippen molar-refractivity contribution in [3.63, 3.8) is 0 Å². The second-order valence-electron chi connectivity index (χ2n) is 9.85. The fraction of sp³-hybridized carbons (Fsp3) is 0.333. The number of pyridine rings is 1. The van der Waals surface area contributed by atoms with Crippen LogP contribution >= 0.6 is 19.6 Å². The van der Waals surface area contributed by atoms with Gasteiger partial charge in [0.15, 0.2) is 0 Å². The molecule has 0 amide bonds. The minimum absolute atomic E-state index is 0.240. The molecule has 1 aliphatic carbocycles. The van der Waals surface area contributed by atoms with E-state index in [0.717, 1.165) is 42.5 Å². The van der Waals surface area contributed by atoms with Crippen LogP contribution in [0.4, 0.5) is 11.4 Å². The minimum atomic E-state index is -2.82. The fourth-order valence-corrected chi connectivity index (χ4v) is 6.42. The van der Waals surface area contributed by atoms with Crippen LogP contribution < -0.4 is 15.8 Å². The van der Waals surface area contributed by atoms with Crippen molar-refractivity contribution in [1.82, 2.24) is 4.98 Å². The van der Waals surface area contributed by atoms with Gasteiger partial charge in [-0.15, -0.1) is 0 Å². The Labute approximate surface area is 211 Å². The van der Waals surface area contributed by atoms with E-state index in [2.05, 4.69) is 29.2 Å². The van der Waals surface area contributed by atoms with Crippen LogP contribution in [0.2, 0.25) is 5.02 Å². The molecule has 1 aliphatic heterocycles. The van der Waals surface area contributed by atoms with Gasteiger partial charge in [0.05, 0.1) is 11.4 Å². The van der Waals surface area contributed by atoms with Gasteiger partial charge in [-0.05, 0) is 74.3 Å². The van der Waals surface area contributed by atoms with Gasteiger partial charge < -0.3 is 15.4 Å². The lowest BCUT2D eigenvalue weighted by atomic mass is 9.75. The molecule has 5 rings (SSSR count). The number of aliphatic imine (C=N–C) groups is 1. The van der Waals surface area contributed by atoms with Crippen molar-refractivity contribution in [1.29, 1.82) is 0 Å². The third-order valence-corrected chi connectivity index (χ3v) is 8.21. The Morgan fingerprint density at radius 2 is 1.86 bits per heavy atom. The number of benzene rings is 2. The number of nitrogens with zero attached hydrogens (tertiary/aromatic N) is 2. The molecule has 0 radical (unpaired) electrons. The van der Waals surface area contributed by atoms with Crippen LogP contribution in [0, 0.1) is 0 Å². The Morgan fingerprint density at radius 1 is 1.11 bits per heavy atom. The predicted octanol–water partition coefficient (Wildman–Crippen LogP) is 6.14. The summed E-state index contributed by atoms with van der Waals surface area (Å²) in [6.45, 7) is 3.96. The zero-order valence-corrected chi connectivity index (χ0v) is 21.5. The summed E-state index contributed by atoms with van der Waals surface area (Å²) >= 11 is 6.10. The summed E-state index contributed by atoms with van der Waals surface area (Å²) in [5.74, 6) is 1.07. The maximum Gasteiger partial charge on any atom is 0.243 e. The lowest BCUT2D eigenvalue weighted by Crippen LogP contribution is -2.41.